The zero-order chi connectivity index (χ0) is 22.9. The Morgan fingerprint density at radius 2 is 1.58 bits per heavy atom. The summed E-state index contributed by atoms with van der Waals surface area (Å²) in [5.41, 5.74) is 1.88. The quantitative estimate of drug-likeness (QED) is 0.515. The van der Waals surface area contributed by atoms with Gasteiger partial charge in [0.1, 0.15) is 17.5 Å². The smallest absolute Gasteiger partial charge is 0.266 e. The highest BCUT2D eigenvalue weighted by molar-refractivity contribution is 6.23. The molecule has 3 atom stereocenters. The molecule has 3 aromatic rings. The van der Waals surface area contributed by atoms with Gasteiger partial charge in [0.15, 0.2) is 6.10 Å². The number of carbonyl (C=O) groups is 2. The number of hydroxylamine groups is 1. The highest BCUT2D eigenvalue weighted by atomic mass is 19.1. The van der Waals surface area contributed by atoms with Crippen molar-refractivity contribution in [1.29, 1.82) is 0 Å². The Hall–Kier alpha value is -3.71. The lowest BCUT2D eigenvalue weighted by molar-refractivity contribution is -0.126. The number of benzene rings is 3. The first-order valence-corrected chi connectivity index (χ1v) is 11.0. The molecule has 5 rings (SSSR count). The van der Waals surface area contributed by atoms with E-state index in [9.17, 15) is 14.0 Å². The zero-order valence-electron chi connectivity index (χ0n) is 18.1. The minimum Gasteiger partial charge on any atom is -0.494 e. The molecule has 3 aromatic carbocycles. The number of amides is 2. The Morgan fingerprint density at radius 3 is 2.24 bits per heavy atom. The van der Waals surface area contributed by atoms with Gasteiger partial charge in [-0.15, -0.1) is 0 Å². The van der Waals surface area contributed by atoms with Gasteiger partial charge in [0.05, 0.1) is 24.0 Å². The van der Waals surface area contributed by atoms with Gasteiger partial charge >= 0.3 is 0 Å². The fourth-order valence-corrected chi connectivity index (χ4v) is 4.38. The number of nitrogens with zero attached hydrogens (tertiary/aromatic N) is 2. The third-order valence-corrected chi connectivity index (χ3v) is 5.91. The number of para-hydroxylation sites is 1. The largest absolute Gasteiger partial charge is 0.494 e. The molecule has 0 unspecified atom stereocenters. The van der Waals surface area contributed by atoms with E-state index >= 15 is 0 Å². The van der Waals surface area contributed by atoms with Crippen LogP contribution in [-0.4, -0.2) is 24.5 Å². The Labute approximate surface area is 191 Å². The van der Waals surface area contributed by atoms with E-state index < -0.39 is 24.0 Å². The number of halogens is 1. The number of imide groups is 1. The van der Waals surface area contributed by atoms with Crippen LogP contribution in [0.1, 0.15) is 24.9 Å². The standard InChI is InChI=1S/C26H23FN2O4/c1-2-16-32-21-14-12-19(13-15-21)28-25(30)22-23(17-8-10-18(27)11-9-17)29(33-24(22)26(28)31)20-6-4-3-5-7-20/h3-15,22-24H,2,16H2,1H3/t22-,23+,24+/m1/s1. The molecule has 2 saturated heterocycles. The maximum Gasteiger partial charge on any atom is 0.266 e. The third-order valence-electron chi connectivity index (χ3n) is 5.91. The van der Waals surface area contributed by atoms with E-state index in [-0.39, 0.29) is 11.7 Å². The maximum atomic E-state index is 13.6. The van der Waals surface area contributed by atoms with E-state index in [1.54, 1.807) is 41.5 Å². The zero-order valence-corrected chi connectivity index (χ0v) is 18.1. The SMILES string of the molecule is CCCOc1ccc(N2C(=O)[C@H]3[C@H](ON(c4ccccc4)[C@H]3c3ccc(F)cc3)C2=O)cc1. The average Bonchev–Trinajstić information content (AvgIpc) is 3.35. The first kappa shape index (κ1) is 21.2. The molecule has 0 spiro atoms. The normalized spacial score (nSPS) is 22.1. The van der Waals surface area contributed by atoms with Crippen LogP contribution < -0.4 is 14.7 Å². The number of anilines is 2. The summed E-state index contributed by atoms with van der Waals surface area (Å²) in [7, 11) is 0. The van der Waals surface area contributed by atoms with Crippen LogP contribution in [-0.2, 0) is 14.4 Å². The fourth-order valence-electron chi connectivity index (χ4n) is 4.38. The predicted octanol–water partition coefficient (Wildman–Crippen LogP) is 4.67. The summed E-state index contributed by atoms with van der Waals surface area (Å²) >= 11 is 0. The second kappa shape index (κ2) is 8.67. The minimum absolute atomic E-state index is 0.347. The summed E-state index contributed by atoms with van der Waals surface area (Å²) < 4.78 is 19.2. The van der Waals surface area contributed by atoms with Crippen LogP contribution in [0.25, 0.3) is 0 Å². The van der Waals surface area contributed by atoms with E-state index in [2.05, 4.69) is 0 Å². The van der Waals surface area contributed by atoms with Crippen molar-refractivity contribution in [3.63, 3.8) is 0 Å². The van der Waals surface area contributed by atoms with Gasteiger partial charge in [-0.3, -0.25) is 14.4 Å². The van der Waals surface area contributed by atoms with Gasteiger partial charge in [0, 0.05) is 0 Å². The van der Waals surface area contributed by atoms with Crippen molar-refractivity contribution >= 4 is 23.2 Å². The molecule has 0 N–H and O–H groups in total. The first-order valence-electron chi connectivity index (χ1n) is 11.0. The molecule has 33 heavy (non-hydrogen) atoms. The molecule has 7 heteroatoms. The van der Waals surface area contributed by atoms with Gasteiger partial charge in [0.25, 0.3) is 5.91 Å². The fraction of sp³-hybridized carbons (Fsp3) is 0.231. The van der Waals surface area contributed by atoms with Gasteiger partial charge in [0.2, 0.25) is 5.91 Å². The van der Waals surface area contributed by atoms with Gasteiger partial charge in [-0.05, 0) is 60.5 Å². The number of carbonyl (C=O) groups excluding carboxylic acids is 2. The molecule has 0 radical (unpaired) electrons. The number of hydrogen-bond acceptors (Lipinski definition) is 5. The lowest BCUT2D eigenvalue weighted by Crippen LogP contribution is -2.37. The lowest BCUT2D eigenvalue weighted by atomic mass is 9.90. The van der Waals surface area contributed by atoms with Crippen molar-refractivity contribution in [2.24, 2.45) is 5.92 Å². The highest BCUT2D eigenvalue weighted by Crippen LogP contribution is 2.47. The van der Waals surface area contributed by atoms with Crippen molar-refractivity contribution in [3.8, 4) is 5.75 Å². The molecule has 2 fully saturated rings. The summed E-state index contributed by atoms with van der Waals surface area (Å²) in [6.07, 6.45) is -0.0856. The Morgan fingerprint density at radius 1 is 0.879 bits per heavy atom. The molecule has 2 aliphatic heterocycles. The molecule has 0 aliphatic carbocycles. The van der Waals surface area contributed by atoms with Gasteiger partial charge in [-0.2, -0.15) is 0 Å². The van der Waals surface area contributed by atoms with E-state index in [1.165, 1.54) is 17.0 Å². The third kappa shape index (κ3) is 3.74. The molecule has 0 saturated carbocycles. The summed E-state index contributed by atoms with van der Waals surface area (Å²) in [5, 5.41) is 1.59. The summed E-state index contributed by atoms with van der Waals surface area (Å²) in [4.78, 5) is 34.2. The molecule has 2 amide bonds. The highest BCUT2D eigenvalue weighted by Gasteiger charge is 2.60. The number of rotatable bonds is 6. The molecule has 6 nitrogen and oxygen atoms in total. The molecule has 0 bridgehead atoms. The first-order chi connectivity index (χ1) is 16.1. The van der Waals surface area contributed by atoms with E-state index in [0.717, 1.165) is 6.42 Å². The maximum absolute atomic E-state index is 13.6. The van der Waals surface area contributed by atoms with E-state index in [4.69, 9.17) is 9.57 Å². The van der Waals surface area contributed by atoms with Crippen molar-refractivity contribution in [2.75, 3.05) is 16.6 Å². The Kier molecular flexibility index (Phi) is 5.56. The molecule has 0 aromatic heterocycles. The van der Waals surface area contributed by atoms with Crippen LogP contribution in [0.2, 0.25) is 0 Å². The average molecular weight is 446 g/mol. The van der Waals surface area contributed by atoms with Crippen molar-refractivity contribution in [3.05, 3.63) is 90.2 Å². The monoisotopic (exact) mass is 446 g/mol. The summed E-state index contributed by atoms with van der Waals surface area (Å²) in [5.74, 6) is -1.23. The van der Waals surface area contributed by atoms with E-state index in [0.29, 0.717) is 29.3 Å². The number of hydrogen-bond donors (Lipinski definition) is 0. The van der Waals surface area contributed by atoms with Gasteiger partial charge < -0.3 is 4.74 Å². The van der Waals surface area contributed by atoms with Crippen LogP contribution in [0.3, 0.4) is 0 Å². The summed E-state index contributed by atoms with van der Waals surface area (Å²) in [6, 6.07) is 21.5. The number of ether oxygens (including phenoxy) is 1. The minimum atomic E-state index is -0.969. The predicted molar refractivity (Wildman–Crippen MR) is 121 cm³/mol. The Bertz CT molecular complexity index is 1150. The van der Waals surface area contributed by atoms with Gasteiger partial charge in [-0.1, -0.05) is 37.3 Å². The van der Waals surface area contributed by atoms with Crippen molar-refractivity contribution < 1.29 is 23.6 Å². The van der Waals surface area contributed by atoms with Crippen molar-refractivity contribution in [2.45, 2.75) is 25.5 Å². The van der Waals surface area contributed by atoms with Crippen LogP contribution >= 0.6 is 0 Å². The lowest BCUT2D eigenvalue weighted by Gasteiger charge is -2.28. The van der Waals surface area contributed by atoms with Crippen molar-refractivity contribution in [1.82, 2.24) is 0 Å². The topological polar surface area (TPSA) is 59.1 Å². The molecular weight excluding hydrogens is 423 g/mol. The second-order valence-corrected chi connectivity index (χ2v) is 8.06. The van der Waals surface area contributed by atoms with Crippen LogP contribution in [0.15, 0.2) is 78.9 Å². The summed E-state index contributed by atoms with van der Waals surface area (Å²) in [6.45, 7) is 2.61. The van der Waals surface area contributed by atoms with Crippen LogP contribution in [0.4, 0.5) is 15.8 Å². The van der Waals surface area contributed by atoms with Gasteiger partial charge in [-0.25, -0.2) is 14.4 Å². The van der Waals surface area contributed by atoms with Crippen LogP contribution in [0, 0.1) is 11.7 Å². The number of fused-ring (bicyclic) bond motifs is 1. The molecule has 2 heterocycles. The van der Waals surface area contributed by atoms with E-state index in [1.807, 2.05) is 37.3 Å². The second-order valence-electron chi connectivity index (χ2n) is 8.06. The molecule has 168 valence electrons. The molecule has 2 aliphatic rings. The Balaban J connectivity index is 1.49. The molecular formula is C26H23FN2O4. The van der Waals surface area contributed by atoms with Crippen LogP contribution in [0.5, 0.6) is 5.75 Å².